The first-order chi connectivity index (χ1) is 10.0. The number of carbonyl (C=O) groups excluding carboxylic acids is 1. The molecule has 2 rings (SSSR count). The molecule has 1 heterocycles. The first-order valence-corrected chi connectivity index (χ1v) is 8.02. The Morgan fingerprint density at radius 3 is 2.62 bits per heavy atom. The van der Waals surface area contributed by atoms with Gasteiger partial charge in [-0.25, -0.2) is 0 Å². The summed E-state index contributed by atoms with van der Waals surface area (Å²) in [5, 5.41) is 17.3. The molecule has 1 amide bonds. The molecule has 21 heavy (non-hydrogen) atoms. The number of amides is 1. The van der Waals surface area contributed by atoms with Crippen LogP contribution in [0, 0.1) is 0 Å². The summed E-state index contributed by atoms with van der Waals surface area (Å²) in [6.45, 7) is 6.80. The molecular weight excluding hydrogens is 266 g/mol. The van der Waals surface area contributed by atoms with Crippen molar-refractivity contribution < 1.29 is 9.90 Å². The van der Waals surface area contributed by atoms with E-state index in [1.165, 1.54) is 6.42 Å². The molecule has 1 fully saturated rings. The van der Waals surface area contributed by atoms with Crippen molar-refractivity contribution in [2.24, 2.45) is 0 Å². The lowest BCUT2D eigenvalue weighted by Crippen LogP contribution is -2.52. The third-order valence-corrected chi connectivity index (χ3v) is 4.41. The predicted molar refractivity (Wildman–Crippen MR) is 82.4 cm³/mol. The van der Waals surface area contributed by atoms with Crippen molar-refractivity contribution in [1.82, 2.24) is 15.1 Å². The molecule has 2 N–H and O–H groups in total. The molecule has 0 atom stereocenters. The highest BCUT2D eigenvalue weighted by Gasteiger charge is 2.34. The number of hydrogen-bond donors (Lipinski definition) is 2. The Morgan fingerprint density at radius 2 is 2.10 bits per heavy atom. The van der Waals surface area contributed by atoms with Gasteiger partial charge < -0.3 is 10.4 Å². The molecule has 5 heteroatoms. The zero-order valence-electron chi connectivity index (χ0n) is 13.4. The van der Waals surface area contributed by atoms with Gasteiger partial charge >= 0.3 is 0 Å². The number of hydrogen-bond acceptors (Lipinski definition) is 3. The van der Waals surface area contributed by atoms with Crippen molar-refractivity contribution in [3.05, 3.63) is 17.5 Å². The predicted octanol–water partition coefficient (Wildman–Crippen LogP) is 2.45. The number of aliphatic hydroxyl groups excluding tert-OH is 1. The number of aliphatic hydroxyl groups is 1. The molecule has 1 saturated carbocycles. The van der Waals surface area contributed by atoms with E-state index in [9.17, 15) is 9.90 Å². The van der Waals surface area contributed by atoms with E-state index >= 15 is 0 Å². The molecule has 1 aliphatic carbocycles. The maximum absolute atomic E-state index is 12.6. The summed E-state index contributed by atoms with van der Waals surface area (Å²) in [4.78, 5) is 12.6. The lowest BCUT2D eigenvalue weighted by Gasteiger charge is -2.36. The van der Waals surface area contributed by atoms with Crippen LogP contribution in [0.4, 0.5) is 0 Å². The summed E-state index contributed by atoms with van der Waals surface area (Å²) >= 11 is 0. The highest BCUT2D eigenvalue weighted by atomic mass is 16.3. The first-order valence-electron chi connectivity index (χ1n) is 8.02. The van der Waals surface area contributed by atoms with E-state index in [2.05, 4.69) is 24.3 Å². The van der Waals surface area contributed by atoms with Crippen LogP contribution in [-0.4, -0.2) is 32.9 Å². The summed E-state index contributed by atoms with van der Waals surface area (Å²) in [7, 11) is 0. The lowest BCUT2D eigenvalue weighted by atomic mass is 9.82. The van der Waals surface area contributed by atoms with E-state index in [1.54, 1.807) is 4.68 Å². The normalized spacial score (nSPS) is 18.0. The van der Waals surface area contributed by atoms with E-state index in [4.69, 9.17) is 0 Å². The number of rotatable bonds is 5. The molecular formula is C16H27N3O2. The van der Waals surface area contributed by atoms with Gasteiger partial charge in [0, 0.05) is 6.54 Å². The molecule has 1 aromatic rings. The molecule has 1 aliphatic rings. The Morgan fingerprint density at radius 1 is 1.43 bits per heavy atom. The summed E-state index contributed by atoms with van der Waals surface area (Å²) in [6, 6.07) is 1.87. The van der Waals surface area contributed by atoms with E-state index in [0.29, 0.717) is 18.2 Å². The van der Waals surface area contributed by atoms with Crippen LogP contribution in [0.15, 0.2) is 6.07 Å². The molecule has 1 aromatic heterocycles. The van der Waals surface area contributed by atoms with Gasteiger partial charge in [0.25, 0.3) is 5.91 Å². The van der Waals surface area contributed by atoms with Gasteiger partial charge in [0.1, 0.15) is 5.69 Å². The van der Waals surface area contributed by atoms with Crippen molar-refractivity contribution in [2.45, 2.75) is 70.9 Å². The second-order valence-corrected chi connectivity index (χ2v) is 6.38. The molecule has 0 unspecified atom stereocenters. The quantitative estimate of drug-likeness (QED) is 0.876. The van der Waals surface area contributed by atoms with Crippen LogP contribution >= 0.6 is 0 Å². The Hall–Kier alpha value is -1.36. The fraction of sp³-hybridized carbons (Fsp3) is 0.750. The van der Waals surface area contributed by atoms with Crippen LogP contribution in [0.2, 0.25) is 0 Å². The SMILES string of the molecule is CCn1nc(C(C)C)cc1C(=O)NC1(CO)CCCCC1. The molecule has 0 radical (unpaired) electrons. The van der Waals surface area contributed by atoms with E-state index in [1.807, 2.05) is 13.0 Å². The highest BCUT2D eigenvalue weighted by molar-refractivity contribution is 5.93. The van der Waals surface area contributed by atoms with E-state index < -0.39 is 5.54 Å². The zero-order chi connectivity index (χ0) is 15.5. The van der Waals surface area contributed by atoms with Gasteiger partial charge in [-0.2, -0.15) is 5.10 Å². The minimum absolute atomic E-state index is 0.00996. The lowest BCUT2D eigenvalue weighted by molar-refractivity contribution is 0.0748. The van der Waals surface area contributed by atoms with Gasteiger partial charge in [-0.05, 0) is 31.7 Å². The third-order valence-electron chi connectivity index (χ3n) is 4.41. The number of carbonyl (C=O) groups is 1. The van der Waals surface area contributed by atoms with Crippen molar-refractivity contribution >= 4 is 5.91 Å². The van der Waals surface area contributed by atoms with Gasteiger partial charge in [0.05, 0.1) is 17.8 Å². The molecule has 0 saturated heterocycles. The van der Waals surface area contributed by atoms with Crippen molar-refractivity contribution in [3.8, 4) is 0 Å². The Labute approximate surface area is 126 Å². The number of nitrogens with zero attached hydrogens (tertiary/aromatic N) is 2. The second-order valence-electron chi connectivity index (χ2n) is 6.38. The van der Waals surface area contributed by atoms with Gasteiger partial charge in [0.2, 0.25) is 0 Å². The fourth-order valence-corrected chi connectivity index (χ4v) is 3.00. The van der Waals surface area contributed by atoms with Crippen LogP contribution in [0.3, 0.4) is 0 Å². The molecule has 5 nitrogen and oxygen atoms in total. The van der Waals surface area contributed by atoms with Gasteiger partial charge in [-0.3, -0.25) is 9.48 Å². The third kappa shape index (κ3) is 3.46. The second kappa shape index (κ2) is 6.60. The Bertz CT molecular complexity index is 488. The smallest absolute Gasteiger partial charge is 0.270 e. The summed E-state index contributed by atoms with van der Waals surface area (Å²) in [5.41, 5.74) is 1.08. The highest BCUT2D eigenvalue weighted by Crippen LogP contribution is 2.28. The number of aromatic nitrogens is 2. The fourth-order valence-electron chi connectivity index (χ4n) is 3.00. The summed E-state index contributed by atoms with van der Waals surface area (Å²) in [5.74, 6) is 0.179. The van der Waals surface area contributed by atoms with Gasteiger partial charge in [0.15, 0.2) is 0 Å². The Kier molecular flexibility index (Phi) is 5.04. The van der Waals surface area contributed by atoms with Crippen LogP contribution in [0.25, 0.3) is 0 Å². The maximum Gasteiger partial charge on any atom is 0.270 e. The van der Waals surface area contributed by atoms with Gasteiger partial charge in [-0.1, -0.05) is 33.1 Å². The van der Waals surface area contributed by atoms with Gasteiger partial charge in [-0.15, -0.1) is 0 Å². The van der Waals surface area contributed by atoms with E-state index in [-0.39, 0.29) is 12.5 Å². The molecule has 0 bridgehead atoms. The van der Waals surface area contributed by atoms with Crippen LogP contribution in [0.1, 0.15) is 75.0 Å². The average molecular weight is 293 g/mol. The first kappa shape index (κ1) is 16.0. The van der Waals surface area contributed by atoms with Crippen LogP contribution in [0.5, 0.6) is 0 Å². The largest absolute Gasteiger partial charge is 0.394 e. The number of nitrogens with one attached hydrogen (secondary N) is 1. The minimum Gasteiger partial charge on any atom is -0.394 e. The van der Waals surface area contributed by atoms with Crippen LogP contribution < -0.4 is 5.32 Å². The van der Waals surface area contributed by atoms with Crippen molar-refractivity contribution in [3.63, 3.8) is 0 Å². The summed E-state index contributed by atoms with van der Waals surface area (Å²) in [6.07, 6.45) is 5.01. The van der Waals surface area contributed by atoms with Crippen molar-refractivity contribution in [2.75, 3.05) is 6.61 Å². The molecule has 0 aliphatic heterocycles. The zero-order valence-corrected chi connectivity index (χ0v) is 13.4. The summed E-state index contributed by atoms with van der Waals surface area (Å²) < 4.78 is 1.75. The number of aryl methyl sites for hydroxylation is 1. The standard InChI is InChI=1S/C16H27N3O2/c1-4-19-14(10-13(18-19)12(2)3)15(21)17-16(11-20)8-6-5-7-9-16/h10,12,20H,4-9,11H2,1-3H3,(H,17,21). The Balaban J connectivity index is 2.19. The molecule has 118 valence electrons. The monoisotopic (exact) mass is 293 g/mol. The topological polar surface area (TPSA) is 67.2 Å². The van der Waals surface area contributed by atoms with E-state index in [0.717, 1.165) is 31.4 Å². The molecule has 0 aromatic carbocycles. The van der Waals surface area contributed by atoms with Crippen LogP contribution in [-0.2, 0) is 6.54 Å². The maximum atomic E-state index is 12.6. The average Bonchev–Trinajstić information content (AvgIpc) is 2.93. The van der Waals surface area contributed by atoms with Crippen molar-refractivity contribution in [1.29, 1.82) is 0 Å². The molecule has 0 spiro atoms. The minimum atomic E-state index is -0.448.